The molecule has 156 valence electrons. The first-order valence-corrected chi connectivity index (χ1v) is 9.93. The lowest BCUT2D eigenvalue weighted by molar-refractivity contribution is 0.100. The lowest BCUT2D eigenvalue weighted by Gasteiger charge is -2.25. The average molecular weight is 432 g/mol. The van der Waals surface area contributed by atoms with Gasteiger partial charge in [0.2, 0.25) is 5.96 Å². The lowest BCUT2D eigenvalue weighted by Crippen LogP contribution is -2.37. The third kappa shape index (κ3) is 5.88. The van der Waals surface area contributed by atoms with E-state index in [2.05, 4.69) is 16.8 Å². The van der Waals surface area contributed by atoms with Crippen molar-refractivity contribution in [2.24, 2.45) is 10.7 Å². The smallest absolute Gasteiger partial charge is 0.280 e. The molecule has 1 amide bonds. The largest absolute Gasteiger partial charge is 0.497 e. The highest BCUT2D eigenvalue weighted by molar-refractivity contribution is 6.30. The van der Waals surface area contributed by atoms with Crippen LogP contribution in [0.4, 0.5) is 0 Å². The number of hydrogen-bond donors (Lipinski definition) is 1. The predicted molar refractivity (Wildman–Crippen MR) is 124 cm³/mol. The van der Waals surface area contributed by atoms with Crippen molar-refractivity contribution in [3.8, 4) is 17.6 Å². The van der Waals surface area contributed by atoms with Crippen molar-refractivity contribution >= 4 is 23.5 Å². The van der Waals surface area contributed by atoms with E-state index in [0.29, 0.717) is 10.6 Å². The van der Waals surface area contributed by atoms with Gasteiger partial charge in [0.05, 0.1) is 7.11 Å². The molecule has 0 saturated carbocycles. The molecule has 0 aromatic heterocycles. The second kappa shape index (κ2) is 10.3. The van der Waals surface area contributed by atoms with Crippen molar-refractivity contribution in [2.75, 3.05) is 14.2 Å². The van der Waals surface area contributed by atoms with Crippen LogP contribution in [0.3, 0.4) is 0 Å². The quantitative estimate of drug-likeness (QED) is 0.374. The second-order valence-electron chi connectivity index (χ2n) is 6.70. The van der Waals surface area contributed by atoms with Crippen LogP contribution < -0.4 is 10.5 Å². The summed E-state index contributed by atoms with van der Waals surface area (Å²) in [6.45, 7) is 0. The molecule has 3 aromatic carbocycles. The molecule has 0 saturated heterocycles. The molecule has 0 aliphatic rings. The number of amides is 1. The van der Waals surface area contributed by atoms with Gasteiger partial charge in [0.25, 0.3) is 5.91 Å². The summed E-state index contributed by atoms with van der Waals surface area (Å²) in [5, 5.41) is 0.543. The molecular formula is C25H22ClN3O2. The van der Waals surface area contributed by atoms with Crippen molar-refractivity contribution < 1.29 is 9.53 Å². The molecule has 0 fully saturated rings. The van der Waals surface area contributed by atoms with E-state index in [1.54, 1.807) is 43.3 Å². The number of nitrogens with zero attached hydrogens (tertiary/aromatic N) is 2. The van der Waals surface area contributed by atoms with Crippen molar-refractivity contribution in [2.45, 2.75) is 6.04 Å². The number of carbonyl (C=O) groups is 1. The Morgan fingerprint density at radius 1 is 1.03 bits per heavy atom. The number of rotatable bonds is 4. The minimum Gasteiger partial charge on any atom is -0.497 e. The standard InChI is InChI=1S/C25H22ClN3O2/c1-29(25(27)28-24(30)20-9-13-21(26)14-10-20)23(17-8-18-6-4-3-5-7-18)19-11-15-22(31-2)16-12-19/h3-7,9-16,23H,1-2H3,(H2,27,28,30). The van der Waals surface area contributed by atoms with Gasteiger partial charge < -0.3 is 15.4 Å². The molecule has 1 unspecified atom stereocenters. The molecule has 3 aromatic rings. The Bertz CT molecular complexity index is 1120. The Balaban J connectivity index is 1.92. The number of carbonyl (C=O) groups excluding carboxylic acids is 1. The summed E-state index contributed by atoms with van der Waals surface area (Å²) in [6.07, 6.45) is 0. The first kappa shape index (κ1) is 21.9. The fourth-order valence-corrected chi connectivity index (χ4v) is 2.96. The molecule has 3 rings (SSSR count). The summed E-state index contributed by atoms with van der Waals surface area (Å²) < 4.78 is 5.24. The lowest BCUT2D eigenvalue weighted by atomic mass is 10.1. The number of hydrogen-bond acceptors (Lipinski definition) is 2. The van der Waals surface area contributed by atoms with Crippen molar-refractivity contribution in [1.82, 2.24) is 4.90 Å². The van der Waals surface area contributed by atoms with E-state index in [1.165, 1.54) is 0 Å². The van der Waals surface area contributed by atoms with Gasteiger partial charge in [-0.05, 0) is 54.1 Å². The van der Waals surface area contributed by atoms with Crippen LogP contribution in [0.5, 0.6) is 5.75 Å². The maximum Gasteiger partial charge on any atom is 0.280 e. The topological polar surface area (TPSA) is 67.9 Å². The summed E-state index contributed by atoms with van der Waals surface area (Å²) >= 11 is 5.88. The van der Waals surface area contributed by atoms with E-state index in [1.807, 2.05) is 54.6 Å². The van der Waals surface area contributed by atoms with Crippen LogP contribution in [0.1, 0.15) is 27.5 Å². The Hall–Kier alpha value is -3.75. The Kier molecular flexibility index (Phi) is 7.31. The Morgan fingerprint density at radius 3 is 2.29 bits per heavy atom. The number of guanidine groups is 1. The summed E-state index contributed by atoms with van der Waals surface area (Å²) in [7, 11) is 3.36. The minimum absolute atomic E-state index is 0.0585. The average Bonchev–Trinajstić information content (AvgIpc) is 2.80. The fraction of sp³-hybridized carbons (Fsp3) is 0.120. The summed E-state index contributed by atoms with van der Waals surface area (Å²) in [5.74, 6) is 6.74. The monoisotopic (exact) mass is 431 g/mol. The van der Waals surface area contributed by atoms with Gasteiger partial charge >= 0.3 is 0 Å². The number of halogens is 1. The molecule has 1 atom stereocenters. The predicted octanol–water partition coefficient (Wildman–Crippen LogP) is 4.53. The molecule has 0 radical (unpaired) electrons. The maximum atomic E-state index is 12.5. The van der Waals surface area contributed by atoms with Crippen LogP contribution in [0.25, 0.3) is 0 Å². The van der Waals surface area contributed by atoms with Crippen molar-refractivity contribution in [1.29, 1.82) is 0 Å². The van der Waals surface area contributed by atoms with Crippen LogP contribution in [-0.2, 0) is 0 Å². The highest BCUT2D eigenvalue weighted by atomic mass is 35.5. The van der Waals surface area contributed by atoms with Gasteiger partial charge in [0.15, 0.2) is 0 Å². The van der Waals surface area contributed by atoms with Crippen molar-refractivity contribution in [3.63, 3.8) is 0 Å². The number of aliphatic imine (C=N–C) groups is 1. The Morgan fingerprint density at radius 2 is 1.68 bits per heavy atom. The zero-order valence-corrected chi connectivity index (χ0v) is 18.0. The maximum absolute atomic E-state index is 12.5. The molecule has 6 heteroatoms. The number of methoxy groups -OCH3 is 1. The molecule has 0 spiro atoms. The number of benzene rings is 3. The van der Waals surface area contributed by atoms with E-state index in [9.17, 15) is 4.79 Å². The first-order valence-electron chi connectivity index (χ1n) is 9.55. The highest BCUT2D eigenvalue weighted by Crippen LogP contribution is 2.22. The SMILES string of the molecule is COc1ccc(C(C#Cc2ccccc2)N(C)C(N)=NC(=O)c2ccc(Cl)cc2)cc1. The molecule has 0 heterocycles. The minimum atomic E-state index is -0.453. The molecule has 5 nitrogen and oxygen atoms in total. The van der Waals surface area contributed by atoms with Crippen LogP contribution >= 0.6 is 11.6 Å². The van der Waals surface area contributed by atoms with Crippen LogP contribution in [-0.4, -0.2) is 30.9 Å². The zero-order valence-electron chi connectivity index (χ0n) is 17.2. The van der Waals surface area contributed by atoms with E-state index >= 15 is 0 Å². The van der Waals surface area contributed by atoms with Crippen LogP contribution in [0.15, 0.2) is 83.9 Å². The van der Waals surface area contributed by atoms with Gasteiger partial charge in [-0.3, -0.25) is 4.79 Å². The molecule has 31 heavy (non-hydrogen) atoms. The number of nitrogens with two attached hydrogens (primary N) is 1. The summed E-state index contributed by atoms with van der Waals surface area (Å²) in [4.78, 5) is 18.2. The van der Waals surface area contributed by atoms with Gasteiger partial charge in [-0.2, -0.15) is 4.99 Å². The van der Waals surface area contributed by atoms with Gasteiger partial charge in [-0.1, -0.05) is 53.8 Å². The number of ether oxygens (including phenoxy) is 1. The van der Waals surface area contributed by atoms with E-state index in [4.69, 9.17) is 22.1 Å². The molecule has 0 bridgehead atoms. The molecule has 0 aliphatic heterocycles. The fourth-order valence-electron chi connectivity index (χ4n) is 2.84. The van der Waals surface area contributed by atoms with E-state index in [-0.39, 0.29) is 5.96 Å². The van der Waals surface area contributed by atoms with Crippen LogP contribution in [0.2, 0.25) is 5.02 Å². The highest BCUT2D eigenvalue weighted by Gasteiger charge is 2.18. The third-order valence-corrected chi connectivity index (χ3v) is 4.87. The third-order valence-electron chi connectivity index (χ3n) is 4.61. The van der Waals surface area contributed by atoms with Crippen LogP contribution in [0, 0.1) is 11.8 Å². The van der Waals surface area contributed by atoms with Gasteiger partial charge in [0.1, 0.15) is 11.8 Å². The van der Waals surface area contributed by atoms with Crippen molar-refractivity contribution in [3.05, 3.63) is 101 Å². The molecule has 0 aliphatic carbocycles. The summed E-state index contributed by atoms with van der Waals surface area (Å²) in [5.41, 5.74) is 8.35. The summed E-state index contributed by atoms with van der Waals surface area (Å²) in [6, 6.07) is 23.2. The second-order valence-corrected chi connectivity index (χ2v) is 7.14. The van der Waals surface area contributed by atoms with E-state index < -0.39 is 11.9 Å². The van der Waals surface area contributed by atoms with Gasteiger partial charge in [-0.15, -0.1) is 0 Å². The normalized spacial score (nSPS) is 11.8. The molecular weight excluding hydrogens is 410 g/mol. The zero-order chi connectivity index (χ0) is 22.2. The Labute approximate surface area is 187 Å². The van der Waals surface area contributed by atoms with Gasteiger partial charge in [0, 0.05) is 23.2 Å². The molecule has 2 N–H and O–H groups in total. The van der Waals surface area contributed by atoms with Gasteiger partial charge in [-0.25, -0.2) is 0 Å². The van der Waals surface area contributed by atoms with E-state index in [0.717, 1.165) is 16.9 Å². The first-order chi connectivity index (χ1) is 15.0.